The predicted molar refractivity (Wildman–Crippen MR) is 96.1 cm³/mol. The molecule has 1 saturated heterocycles. The topological polar surface area (TPSA) is 34.6 Å². The van der Waals surface area contributed by atoms with Gasteiger partial charge in [0.1, 0.15) is 5.75 Å². The van der Waals surface area contributed by atoms with Crippen molar-refractivity contribution >= 4 is 10.9 Å². The molecule has 4 rings (SSSR count). The van der Waals surface area contributed by atoms with Crippen LogP contribution < -0.4 is 4.74 Å². The molecule has 0 saturated carbocycles. The fourth-order valence-electron chi connectivity index (χ4n) is 3.67. The molecule has 3 nitrogen and oxygen atoms in total. The predicted octanol–water partition coefficient (Wildman–Crippen LogP) is 5.02. The Hall–Kier alpha value is -2.60. The van der Waals surface area contributed by atoms with Crippen molar-refractivity contribution < 1.29 is 22.6 Å². The van der Waals surface area contributed by atoms with Crippen molar-refractivity contribution in [3.8, 4) is 5.75 Å². The summed E-state index contributed by atoms with van der Waals surface area (Å²) < 4.78 is 52.5. The van der Waals surface area contributed by atoms with E-state index in [0.717, 1.165) is 10.9 Å². The molecule has 1 aliphatic heterocycles. The summed E-state index contributed by atoms with van der Waals surface area (Å²) >= 11 is 0. The van der Waals surface area contributed by atoms with Crippen LogP contribution in [0, 0.1) is 6.92 Å². The lowest BCUT2D eigenvalue weighted by atomic mass is 9.78. The molecular weight excluding hydrogens is 355 g/mol. The van der Waals surface area contributed by atoms with Gasteiger partial charge in [0.25, 0.3) is 0 Å². The van der Waals surface area contributed by atoms with E-state index in [-0.39, 0.29) is 6.61 Å². The van der Waals surface area contributed by atoms with E-state index in [2.05, 4.69) is 4.98 Å². The van der Waals surface area contributed by atoms with Gasteiger partial charge in [-0.2, -0.15) is 13.2 Å². The number of rotatable bonds is 4. The normalized spacial score (nSPS) is 20.5. The van der Waals surface area contributed by atoms with Crippen molar-refractivity contribution in [2.24, 2.45) is 0 Å². The number of halogens is 3. The van der Waals surface area contributed by atoms with Gasteiger partial charge in [-0.15, -0.1) is 0 Å². The van der Waals surface area contributed by atoms with Gasteiger partial charge in [0.2, 0.25) is 0 Å². The van der Waals surface area contributed by atoms with Gasteiger partial charge in [-0.1, -0.05) is 36.4 Å². The SMILES string of the molecule is COc1ccccc1C(c1cc2ccccc2nc1C)C1(C(F)(F)F)CO1. The van der Waals surface area contributed by atoms with Crippen molar-refractivity contribution in [1.29, 1.82) is 0 Å². The Morgan fingerprint density at radius 3 is 2.41 bits per heavy atom. The van der Waals surface area contributed by atoms with Crippen LogP contribution >= 0.6 is 0 Å². The van der Waals surface area contributed by atoms with E-state index in [1.54, 1.807) is 37.3 Å². The highest BCUT2D eigenvalue weighted by Crippen LogP contribution is 2.57. The van der Waals surface area contributed by atoms with E-state index >= 15 is 0 Å². The zero-order valence-corrected chi connectivity index (χ0v) is 14.9. The molecule has 3 aromatic rings. The average molecular weight is 373 g/mol. The summed E-state index contributed by atoms with van der Waals surface area (Å²) in [6.07, 6.45) is -4.52. The number of aryl methyl sites for hydroxylation is 1. The van der Waals surface area contributed by atoms with E-state index in [4.69, 9.17) is 9.47 Å². The number of fused-ring (bicyclic) bond motifs is 1. The Morgan fingerprint density at radius 1 is 1.07 bits per heavy atom. The van der Waals surface area contributed by atoms with Crippen molar-refractivity contribution in [3.05, 3.63) is 71.4 Å². The molecule has 1 fully saturated rings. The third-order valence-corrected chi connectivity index (χ3v) is 5.12. The van der Waals surface area contributed by atoms with Crippen molar-refractivity contribution in [3.63, 3.8) is 0 Å². The van der Waals surface area contributed by atoms with Crippen molar-refractivity contribution in [1.82, 2.24) is 4.98 Å². The smallest absolute Gasteiger partial charge is 0.420 e. The Bertz CT molecular complexity index is 996. The fourth-order valence-corrected chi connectivity index (χ4v) is 3.67. The lowest BCUT2D eigenvalue weighted by Gasteiger charge is -2.29. The number of hydrogen-bond acceptors (Lipinski definition) is 3. The van der Waals surface area contributed by atoms with E-state index in [9.17, 15) is 13.2 Å². The van der Waals surface area contributed by atoms with Gasteiger partial charge in [0.05, 0.1) is 25.2 Å². The highest BCUT2D eigenvalue weighted by atomic mass is 19.4. The van der Waals surface area contributed by atoms with Crippen LogP contribution in [-0.4, -0.2) is 30.5 Å². The van der Waals surface area contributed by atoms with Crippen LogP contribution in [0.2, 0.25) is 0 Å². The van der Waals surface area contributed by atoms with Crippen LogP contribution in [0.1, 0.15) is 22.7 Å². The van der Waals surface area contributed by atoms with Crippen LogP contribution in [-0.2, 0) is 4.74 Å². The molecule has 0 amide bonds. The van der Waals surface area contributed by atoms with E-state index in [1.807, 2.05) is 24.3 Å². The molecule has 0 aliphatic carbocycles. The van der Waals surface area contributed by atoms with Crippen LogP contribution in [0.4, 0.5) is 13.2 Å². The number of aromatic nitrogens is 1. The number of ether oxygens (including phenoxy) is 2. The van der Waals surface area contributed by atoms with Gasteiger partial charge in [0.15, 0.2) is 5.60 Å². The van der Waals surface area contributed by atoms with Crippen LogP contribution in [0.5, 0.6) is 5.75 Å². The van der Waals surface area contributed by atoms with Gasteiger partial charge in [-0.25, -0.2) is 0 Å². The van der Waals surface area contributed by atoms with Gasteiger partial charge in [-0.3, -0.25) is 4.98 Å². The summed E-state index contributed by atoms with van der Waals surface area (Å²) in [6, 6.07) is 15.9. The summed E-state index contributed by atoms with van der Waals surface area (Å²) in [6.45, 7) is 1.35. The standard InChI is InChI=1S/C21H18F3NO2/c1-13-16(11-14-7-3-5-9-17(14)25-13)19(20(12-27-20)21(22,23)24)15-8-4-6-10-18(15)26-2/h3-11,19H,12H2,1-2H3. The molecule has 0 spiro atoms. The van der Waals surface area contributed by atoms with Crippen LogP contribution in [0.3, 0.4) is 0 Å². The summed E-state index contributed by atoms with van der Waals surface area (Å²) in [7, 11) is 1.45. The Morgan fingerprint density at radius 2 is 1.74 bits per heavy atom. The monoisotopic (exact) mass is 373 g/mol. The number of nitrogens with zero attached hydrogens (tertiary/aromatic N) is 1. The highest BCUT2D eigenvalue weighted by Gasteiger charge is 2.71. The number of methoxy groups -OCH3 is 1. The molecule has 2 aromatic carbocycles. The molecule has 2 heterocycles. The quantitative estimate of drug-likeness (QED) is 0.603. The number of hydrogen-bond donors (Lipinski definition) is 0. The number of epoxide rings is 1. The molecule has 1 aliphatic rings. The first-order chi connectivity index (χ1) is 12.9. The first-order valence-electron chi connectivity index (χ1n) is 8.57. The van der Waals surface area contributed by atoms with Crippen molar-refractivity contribution in [2.75, 3.05) is 13.7 Å². The summed E-state index contributed by atoms with van der Waals surface area (Å²) in [5.41, 5.74) is -0.0432. The van der Waals surface area contributed by atoms with Gasteiger partial charge in [-0.05, 0) is 30.7 Å². The van der Waals surface area contributed by atoms with Crippen molar-refractivity contribution in [2.45, 2.75) is 24.6 Å². The largest absolute Gasteiger partial charge is 0.496 e. The maximum atomic E-state index is 14.0. The van der Waals surface area contributed by atoms with Gasteiger partial charge in [0, 0.05) is 16.6 Å². The molecular formula is C21H18F3NO2. The summed E-state index contributed by atoms with van der Waals surface area (Å²) in [5, 5.41) is 0.788. The van der Waals surface area contributed by atoms with Crippen LogP contribution in [0.15, 0.2) is 54.6 Å². The first-order valence-corrected chi connectivity index (χ1v) is 8.57. The first kappa shape index (κ1) is 17.8. The minimum Gasteiger partial charge on any atom is -0.496 e. The Balaban J connectivity index is 1.99. The third-order valence-electron chi connectivity index (χ3n) is 5.12. The zero-order valence-electron chi connectivity index (χ0n) is 14.9. The van der Waals surface area contributed by atoms with E-state index in [0.29, 0.717) is 22.6 Å². The minimum absolute atomic E-state index is 0.383. The Labute approximate surface area is 154 Å². The van der Waals surface area contributed by atoms with Gasteiger partial charge >= 0.3 is 6.18 Å². The fraction of sp³-hybridized carbons (Fsp3) is 0.286. The zero-order chi connectivity index (χ0) is 19.2. The molecule has 6 heteroatoms. The molecule has 0 N–H and O–H groups in total. The van der Waals surface area contributed by atoms with E-state index < -0.39 is 17.7 Å². The molecule has 2 unspecified atom stereocenters. The molecule has 0 bridgehead atoms. The van der Waals surface area contributed by atoms with Gasteiger partial charge < -0.3 is 9.47 Å². The summed E-state index contributed by atoms with van der Waals surface area (Å²) in [5.74, 6) is -0.667. The molecule has 1 aromatic heterocycles. The second-order valence-corrected chi connectivity index (χ2v) is 6.71. The molecule has 27 heavy (non-hydrogen) atoms. The maximum absolute atomic E-state index is 14.0. The average Bonchev–Trinajstić information content (AvgIpc) is 3.44. The number of alkyl halides is 3. The van der Waals surface area contributed by atoms with Crippen LogP contribution in [0.25, 0.3) is 10.9 Å². The third kappa shape index (κ3) is 2.84. The number of pyridine rings is 1. The second-order valence-electron chi connectivity index (χ2n) is 6.71. The van der Waals surface area contributed by atoms with E-state index in [1.165, 1.54) is 7.11 Å². The molecule has 140 valence electrons. The molecule has 0 radical (unpaired) electrons. The minimum atomic E-state index is -4.52. The molecule has 2 atom stereocenters. The number of benzene rings is 2. The summed E-state index contributed by atoms with van der Waals surface area (Å²) in [4.78, 5) is 4.54. The maximum Gasteiger partial charge on any atom is 0.420 e. The second kappa shape index (κ2) is 6.23. The lowest BCUT2D eigenvalue weighted by Crippen LogP contribution is -2.40. The highest BCUT2D eigenvalue weighted by molar-refractivity contribution is 5.80. The Kier molecular flexibility index (Phi) is 4.11. The lowest BCUT2D eigenvalue weighted by molar-refractivity contribution is -0.187. The number of para-hydroxylation sites is 2.